The van der Waals surface area contributed by atoms with Gasteiger partial charge in [-0.15, -0.1) is 0 Å². The van der Waals surface area contributed by atoms with Crippen molar-refractivity contribution < 1.29 is 23.9 Å². The molecule has 0 amide bonds. The van der Waals surface area contributed by atoms with Crippen LogP contribution in [-0.2, 0) is 30.3 Å². The first kappa shape index (κ1) is 22.4. The Bertz CT molecular complexity index is 726. The van der Waals surface area contributed by atoms with Gasteiger partial charge in [0.2, 0.25) is 0 Å². The third-order valence-corrected chi connectivity index (χ3v) is 6.04. The van der Waals surface area contributed by atoms with E-state index in [1.165, 1.54) is 6.42 Å². The average Bonchev–Trinajstić information content (AvgIpc) is 3.34. The predicted molar refractivity (Wildman–Crippen MR) is 112 cm³/mol. The van der Waals surface area contributed by atoms with Crippen molar-refractivity contribution >= 4 is 17.9 Å². The smallest absolute Gasteiger partial charge is 0.330 e. The van der Waals surface area contributed by atoms with Crippen molar-refractivity contribution in [1.29, 1.82) is 0 Å². The molecule has 2 N–H and O–H groups in total. The van der Waals surface area contributed by atoms with Gasteiger partial charge in [-0.2, -0.15) is 0 Å². The average molecular weight is 417 g/mol. The first-order valence-corrected chi connectivity index (χ1v) is 11.0. The molecule has 0 bridgehead atoms. The van der Waals surface area contributed by atoms with Crippen LogP contribution in [0.3, 0.4) is 0 Å². The summed E-state index contributed by atoms with van der Waals surface area (Å²) in [5, 5.41) is 6.28. The Kier molecular flexibility index (Phi) is 7.99. The Morgan fingerprint density at radius 3 is 2.63 bits per heavy atom. The van der Waals surface area contributed by atoms with Crippen molar-refractivity contribution in [3.63, 3.8) is 0 Å². The summed E-state index contributed by atoms with van der Waals surface area (Å²) >= 11 is 0. The maximum absolute atomic E-state index is 12.5. The fourth-order valence-corrected chi connectivity index (χ4v) is 4.43. The number of nitrogens with one attached hydrogen (secondary N) is 2. The normalized spacial score (nSPS) is 24.7. The molecule has 164 valence electrons. The molecule has 1 aliphatic heterocycles. The van der Waals surface area contributed by atoms with E-state index >= 15 is 0 Å². The van der Waals surface area contributed by atoms with Crippen molar-refractivity contribution in [3.05, 3.63) is 35.9 Å². The molecule has 30 heavy (non-hydrogen) atoms. The highest BCUT2D eigenvalue weighted by molar-refractivity contribution is 5.91. The number of esters is 3. The molecule has 1 heterocycles. The molecule has 7 nitrogen and oxygen atoms in total. The van der Waals surface area contributed by atoms with E-state index in [1.54, 1.807) is 13.8 Å². The molecule has 1 aromatic carbocycles. The molecular formula is C23H32N2O5. The van der Waals surface area contributed by atoms with E-state index in [2.05, 4.69) is 10.6 Å². The monoisotopic (exact) mass is 416 g/mol. The number of carbonyl (C=O) groups is 3. The Morgan fingerprint density at radius 2 is 1.93 bits per heavy atom. The van der Waals surface area contributed by atoms with E-state index in [9.17, 15) is 14.4 Å². The van der Waals surface area contributed by atoms with Crippen molar-refractivity contribution in [2.45, 2.75) is 76.5 Å². The maximum atomic E-state index is 12.5. The first-order valence-electron chi connectivity index (χ1n) is 11.0. The first-order chi connectivity index (χ1) is 14.5. The summed E-state index contributed by atoms with van der Waals surface area (Å²) in [6, 6.07) is 8.27. The number of fused-ring (bicyclic) bond motifs is 1. The van der Waals surface area contributed by atoms with E-state index in [-0.39, 0.29) is 6.61 Å². The lowest BCUT2D eigenvalue weighted by atomic mass is 10.0. The molecule has 3 rings (SSSR count). The van der Waals surface area contributed by atoms with Crippen LogP contribution in [0, 0.1) is 5.92 Å². The Hall–Kier alpha value is -2.25. The zero-order valence-corrected chi connectivity index (χ0v) is 17.8. The van der Waals surface area contributed by atoms with E-state index in [0.717, 1.165) is 24.8 Å². The van der Waals surface area contributed by atoms with Crippen LogP contribution in [0.25, 0.3) is 0 Å². The highest BCUT2D eigenvalue weighted by Gasteiger charge is 2.41. The van der Waals surface area contributed by atoms with E-state index in [1.807, 2.05) is 30.3 Å². The number of hydrogen-bond acceptors (Lipinski definition) is 7. The topological polar surface area (TPSA) is 93.7 Å². The van der Waals surface area contributed by atoms with Gasteiger partial charge >= 0.3 is 17.9 Å². The highest BCUT2D eigenvalue weighted by atomic mass is 16.6. The van der Waals surface area contributed by atoms with Crippen LogP contribution in [0.4, 0.5) is 0 Å². The number of carbonyl (C=O) groups excluding carboxylic acids is 3. The summed E-state index contributed by atoms with van der Waals surface area (Å²) in [7, 11) is 0. The largest absolute Gasteiger partial charge is 0.465 e. The summed E-state index contributed by atoms with van der Waals surface area (Å²) in [6.07, 6.45) is 5.23. The minimum Gasteiger partial charge on any atom is -0.465 e. The molecule has 5 atom stereocenters. The van der Waals surface area contributed by atoms with Crippen molar-refractivity contribution in [2.75, 3.05) is 6.61 Å². The van der Waals surface area contributed by atoms with Gasteiger partial charge in [-0.1, -0.05) is 36.8 Å². The summed E-state index contributed by atoms with van der Waals surface area (Å²) in [5.41, 5.74) is 1.09. The lowest BCUT2D eigenvalue weighted by molar-refractivity contribution is -0.162. The molecule has 2 aliphatic rings. The van der Waals surface area contributed by atoms with Crippen molar-refractivity contribution in [3.8, 4) is 0 Å². The van der Waals surface area contributed by atoms with Gasteiger partial charge in [0.05, 0.1) is 6.61 Å². The van der Waals surface area contributed by atoms with Gasteiger partial charge < -0.3 is 14.8 Å². The van der Waals surface area contributed by atoms with Crippen LogP contribution in [-0.4, -0.2) is 48.7 Å². The van der Waals surface area contributed by atoms with Crippen LogP contribution in [0.2, 0.25) is 0 Å². The zero-order valence-electron chi connectivity index (χ0n) is 17.8. The van der Waals surface area contributed by atoms with Gasteiger partial charge in [0.1, 0.15) is 18.1 Å². The second-order valence-electron chi connectivity index (χ2n) is 8.21. The quantitative estimate of drug-likeness (QED) is 0.470. The number of hydrogen-bond donors (Lipinski definition) is 2. The predicted octanol–water partition coefficient (Wildman–Crippen LogP) is 2.13. The third kappa shape index (κ3) is 5.89. The molecule has 7 heteroatoms. The van der Waals surface area contributed by atoms with Gasteiger partial charge in [0, 0.05) is 6.04 Å². The van der Waals surface area contributed by atoms with Crippen LogP contribution in [0.15, 0.2) is 30.3 Å². The lowest BCUT2D eigenvalue weighted by Crippen LogP contribution is -2.48. The molecule has 0 radical (unpaired) electrons. The van der Waals surface area contributed by atoms with Gasteiger partial charge in [-0.25, -0.2) is 9.59 Å². The van der Waals surface area contributed by atoms with Gasteiger partial charge in [-0.3, -0.25) is 10.1 Å². The van der Waals surface area contributed by atoms with Crippen LogP contribution in [0.5, 0.6) is 0 Å². The Morgan fingerprint density at radius 1 is 1.17 bits per heavy atom. The highest BCUT2D eigenvalue weighted by Crippen LogP contribution is 2.34. The summed E-state index contributed by atoms with van der Waals surface area (Å²) in [4.78, 5) is 37.2. The van der Waals surface area contributed by atoms with E-state index in [4.69, 9.17) is 9.47 Å². The standard InChI is InChI=1S/C23H32N2O5/c1-3-29-22(27)19(13-12-16-8-5-4-6-9-16)24-15(2)21(26)30-23(28)20-14-17-10-7-11-18(17)25-20/h4-6,8-9,15,17-20,24-25H,3,7,10-14H2,1-2H3/t15-,17?,18?,19-,20?/m0/s1. The number of ether oxygens (including phenoxy) is 2. The molecule has 0 aromatic heterocycles. The Labute approximate surface area is 177 Å². The van der Waals surface area contributed by atoms with Crippen LogP contribution >= 0.6 is 0 Å². The summed E-state index contributed by atoms with van der Waals surface area (Å²) < 4.78 is 10.3. The summed E-state index contributed by atoms with van der Waals surface area (Å²) in [6.45, 7) is 3.60. The maximum Gasteiger partial charge on any atom is 0.330 e. The van der Waals surface area contributed by atoms with Gasteiger partial charge in [-0.05, 0) is 57.4 Å². The molecular weight excluding hydrogens is 384 g/mol. The molecule has 1 saturated carbocycles. The molecule has 1 aliphatic carbocycles. The second-order valence-corrected chi connectivity index (χ2v) is 8.21. The molecule has 2 fully saturated rings. The second kappa shape index (κ2) is 10.7. The fraction of sp³-hybridized carbons (Fsp3) is 0.609. The lowest BCUT2D eigenvalue weighted by Gasteiger charge is -2.21. The van der Waals surface area contributed by atoms with Crippen LogP contribution in [0.1, 0.15) is 51.5 Å². The van der Waals surface area contributed by atoms with E-state index < -0.39 is 36.0 Å². The molecule has 0 spiro atoms. The number of rotatable bonds is 9. The van der Waals surface area contributed by atoms with Crippen molar-refractivity contribution in [2.24, 2.45) is 5.92 Å². The molecule has 3 unspecified atom stereocenters. The SMILES string of the molecule is CCOC(=O)[C@H](CCc1ccccc1)N[C@@H](C)C(=O)OC(=O)C1CC2CCCC2N1. The number of aryl methyl sites for hydroxylation is 1. The third-order valence-electron chi connectivity index (χ3n) is 6.04. The Balaban J connectivity index is 1.51. The number of benzene rings is 1. The van der Waals surface area contributed by atoms with Gasteiger partial charge in [0.25, 0.3) is 0 Å². The van der Waals surface area contributed by atoms with Crippen LogP contribution < -0.4 is 10.6 Å². The van der Waals surface area contributed by atoms with E-state index in [0.29, 0.717) is 24.8 Å². The van der Waals surface area contributed by atoms with Crippen molar-refractivity contribution in [1.82, 2.24) is 10.6 Å². The minimum absolute atomic E-state index is 0.259. The minimum atomic E-state index is -0.806. The molecule has 1 aromatic rings. The summed E-state index contributed by atoms with van der Waals surface area (Å²) in [5.74, 6) is -1.11. The molecule has 1 saturated heterocycles. The zero-order chi connectivity index (χ0) is 21.5. The fourth-order valence-electron chi connectivity index (χ4n) is 4.43. The van der Waals surface area contributed by atoms with Gasteiger partial charge in [0.15, 0.2) is 0 Å².